The molecule has 3 aromatic rings. The van der Waals surface area contributed by atoms with E-state index in [0.29, 0.717) is 28.5 Å². The Morgan fingerprint density at radius 3 is 2.35 bits per heavy atom. The van der Waals surface area contributed by atoms with Crippen molar-refractivity contribution in [1.29, 1.82) is 0 Å². The highest BCUT2D eigenvalue weighted by Gasteiger charge is 2.20. The summed E-state index contributed by atoms with van der Waals surface area (Å²) in [5, 5.41) is 1.67. The molecular formula is C27H24ClNO5. The van der Waals surface area contributed by atoms with Crippen LogP contribution >= 0.6 is 11.6 Å². The third-order valence-corrected chi connectivity index (χ3v) is 5.14. The van der Waals surface area contributed by atoms with Crippen molar-refractivity contribution < 1.29 is 23.9 Å². The molecule has 0 spiro atoms. The Bertz CT molecular complexity index is 1160. The molecule has 0 aliphatic heterocycles. The van der Waals surface area contributed by atoms with Crippen molar-refractivity contribution in [1.82, 2.24) is 5.06 Å². The molecule has 3 rings (SSSR count). The lowest BCUT2D eigenvalue weighted by Crippen LogP contribution is -2.36. The van der Waals surface area contributed by atoms with E-state index in [-0.39, 0.29) is 25.5 Å². The number of terminal acetylenes is 1. The molecule has 0 saturated carbocycles. The molecule has 0 aliphatic rings. The second-order valence-corrected chi connectivity index (χ2v) is 7.71. The third-order valence-electron chi connectivity index (χ3n) is 4.89. The number of hydrogen-bond acceptors (Lipinski definition) is 5. The fourth-order valence-corrected chi connectivity index (χ4v) is 3.28. The number of hydrogen-bond donors (Lipinski definition) is 0. The van der Waals surface area contributed by atoms with Crippen LogP contribution in [0.2, 0.25) is 5.02 Å². The van der Waals surface area contributed by atoms with Gasteiger partial charge in [-0.3, -0.25) is 4.79 Å². The van der Waals surface area contributed by atoms with E-state index in [1.807, 2.05) is 6.07 Å². The summed E-state index contributed by atoms with van der Waals surface area (Å²) in [7, 11) is 1.53. The molecule has 0 aliphatic carbocycles. The molecule has 0 bridgehead atoms. The van der Waals surface area contributed by atoms with Crippen molar-refractivity contribution >= 4 is 23.5 Å². The van der Waals surface area contributed by atoms with Crippen molar-refractivity contribution in [2.75, 3.05) is 20.3 Å². The van der Waals surface area contributed by atoms with Crippen molar-refractivity contribution in [3.63, 3.8) is 0 Å². The highest BCUT2D eigenvalue weighted by atomic mass is 35.5. The van der Waals surface area contributed by atoms with Gasteiger partial charge in [0.25, 0.3) is 5.91 Å². The first-order valence-electron chi connectivity index (χ1n) is 10.6. The van der Waals surface area contributed by atoms with Crippen LogP contribution < -0.4 is 9.47 Å². The molecule has 0 unspecified atom stereocenters. The van der Waals surface area contributed by atoms with E-state index in [2.05, 4.69) is 5.92 Å². The predicted octanol–water partition coefficient (Wildman–Crippen LogP) is 4.75. The number of benzene rings is 3. The SMILES string of the molecule is C#CCOc1ccc(CCN(OC(=O)c2ccccc2)C(=O)Cc2ccc(Cl)cc2)cc1OC. The van der Waals surface area contributed by atoms with Crippen LogP contribution in [0, 0.1) is 12.3 Å². The quantitative estimate of drug-likeness (QED) is 0.329. The molecular weight excluding hydrogens is 454 g/mol. The zero-order chi connectivity index (χ0) is 24.3. The topological polar surface area (TPSA) is 65.1 Å². The summed E-state index contributed by atoms with van der Waals surface area (Å²) >= 11 is 5.94. The van der Waals surface area contributed by atoms with Crippen LogP contribution in [0.4, 0.5) is 0 Å². The van der Waals surface area contributed by atoms with Gasteiger partial charge in [0.1, 0.15) is 6.61 Å². The van der Waals surface area contributed by atoms with E-state index in [9.17, 15) is 9.59 Å². The van der Waals surface area contributed by atoms with Gasteiger partial charge in [0.15, 0.2) is 11.5 Å². The molecule has 0 heterocycles. The highest BCUT2D eigenvalue weighted by Crippen LogP contribution is 2.28. The number of amides is 1. The molecule has 7 heteroatoms. The minimum Gasteiger partial charge on any atom is -0.493 e. The summed E-state index contributed by atoms with van der Waals surface area (Å²) in [6.07, 6.45) is 5.72. The summed E-state index contributed by atoms with van der Waals surface area (Å²) < 4.78 is 10.8. The fraction of sp³-hybridized carbons (Fsp3) is 0.185. The predicted molar refractivity (Wildman–Crippen MR) is 130 cm³/mol. The number of halogens is 1. The Morgan fingerprint density at radius 1 is 0.971 bits per heavy atom. The summed E-state index contributed by atoms with van der Waals surface area (Å²) in [6, 6.07) is 20.8. The average molecular weight is 478 g/mol. The maximum Gasteiger partial charge on any atom is 0.363 e. The second kappa shape index (κ2) is 12.3. The minimum absolute atomic E-state index is 0.0570. The number of carbonyl (C=O) groups excluding carboxylic acids is 2. The smallest absolute Gasteiger partial charge is 0.363 e. The number of carbonyl (C=O) groups is 2. The Labute approximate surface area is 204 Å². The maximum atomic E-state index is 13.0. The molecule has 0 fully saturated rings. The van der Waals surface area contributed by atoms with Gasteiger partial charge in [-0.2, -0.15) is 5.06 Å². The minimum atomic E-state index is -0.610. The number of nitrogens with zero attached hydrogens (tertiary/aromatic N) is 1. The molecule has 0 aromatic heterocycles. The van der Waals surface area contributed by atoms with Gasteiger partial charge in [-0.15, -0.1) is 6.42 Å². The van der Waals surface area contributed by atoms with Crippen molar-refractivity contribution in [3.05, 3.63) is 94.5 Å². The maximum absolute atomic E-state index is 13.0. The number of rotatable bonds is 9. The van der Waals surface area contributed by atoms with Gasteiger partial charge in [-0.25, -0.2) is 4.79 Å². The lowest BCUT2D eigenvalue weighted by molar-refractivity contribution is -0.166. The van der Waals surface area contributed by atoms with E-state index >= 15 is 0 Å². The zero-order valence-electron chi connectivity index (χ0n) is 18.7. The Hall–Kier alpha value is -3.95. The van der Waals surface area contributed by atoms with Gasteiger partial charge in [0, 0.05) is 5.02 Å². The Balaban J connectivity index is 1.74. The molecule has 174 valence electrons. The Kier molecular flexibility index (Phi) is 8.96. The van der Waals surface area contributed by atoms with Gasteiger partial charge in [-0.05, 0) is 53.9 Å². The zero-order valence-corrected chi connectivity index (χ0v) is 19.5. The summed E-state index contributed by atoms with van der Waals surface area (Å²) in [4.78, 5) is 31.2. The molecule has 0 saturated heterocycles. The first-order chi connectivity index (χ1) is 16.5. The normalized spacial score (nSPS) is 10.1. The standard InChI is InChI=1S/C27H24ClNO5/c1-3-17-33-24-14-11-21(18-25(24)32-2)15-16-29(34-27(31)22-7-5-4-6-8-22)26(30)19-20-9-12-23(28)13-10-20/h1,4-14,18H,15-17,19H2,2H3. The summed E-state index contributed by atoms with van der Waals surface area (Å²) in [5.74, 6) is 2.49. The van der Waals surface area contributed by atoms with E-state index in [4.69, 9.17) is 32.3 Å². The third kappa shape index (κ3) is 7.03. The fourth-order valence-electron chi connectivity index (χ4n) is 3.15. The summed E-state index contributed by atoms with van der Waals surface area (Å²) in [5.41, 5.74) is 1.97. The van der Waals surface area contributed by atoms with Crippen LogP contribution in [-0.2, 0) is 22.5 Å². The molecule has 1 amide bonds. The number of methoxy groups -OCH3 is 1. The monoisotopic (exact) mass is 477 g/mol. The largest absolute Gasteiger partial charge is 0.493 e. The average Bonchev–Trinajstić information content (AvgIpc) is 2.87. The van der Waals surface area contributed by atoms with Crippen LogP contribution in [0.1, 0.15) is 21.5 Å². The molecule has 6 nitrogen and oxygen atoms in total. The van der Waals surface area contributed by atoms with Gasteiger partial charge in [0.05, 0.1) is 25.6 Å². The van der Waals surface area contributed by atoms with Gasteiger partial charge < -0.3 is 14.3 Å². The van der Waals surface area contributed by atoms with Crippen LogP contribution in [0.15, 0.2) is 72.8 Å². The van der Waals surface area contributed by atoms with E-state index < -0.39 is 5.97 Å². The first kappa shape index (κ1) is 24.7. The lowest BCUT2D eigenvalue weighted by Gasteiger charge is -2.22. The van der Waals surface area contributed by atoms with Crippen molar-refractivity contribution in [2.45, 2.75) is 12.8 Å². The molecule has 0 N–H and O–H groups in total. The van der Waals surface area contributed by atoms with E-state index in [1.54, 1.807) is 66.7 Å². The van der Waals surface area contributed by atoms with Crippen LogP contribution in [-0.4, -0.2) is 37.2 Å². The van der Waals surface area contributed by atoms with Crippen LogP contribution in [0.5, 0.6) is 11.5 Å². The van der Waals surface area contributed by atoms with Crippen LogP contribution in [0.25, 0.3) is 0 Å². The Morgan fingerprint density at radius 2 is 1.68 bits per heavy atom. The molecule has 0 atom stereocenters. The molecule has 3 aromatic carbocycles. The van der Waals surface area contributed by atoms with Crippen LogP contribution in [0.3, 0.4) is 0 Å². The van der Waals surface area contributed by atoms with Gasteiger partial charge in [0.2, 0.25) is 0 Å². The van der Waals surface area contributed by atoms with Crippen molar-refractivity contribution in [2.24, 2.45) is 0 Å². The van der Waals surface area contributed by atoms with E-state index in [0.717, 1.165) is 16.2 Å². The van der Waals surface area contributed by atoms with Gasteiger partial charge >= 0.3 is 5.97 Å². The number of hydroxylamine groups is 2. The first-order valence-corrected chi connectivity index (χ1v) is 10.9. The summed E-state index contributed by atoms with van der Waals surface area (Å²) in [6.45, 7) is 0.275. The molecule has 34 heavy (non-hydrogen) atoms. The lowest BCUT2D eigenvalue weighted by atomic mass is 10.1. The van der Waals surface area contributed by atoms with Crippen molar-refractivity contribution in [3.8, 4) is 23.8 Å². The second-order valence-electron chi connectivity index (χ2n) is 7.27. The van der Waals surface area contributed by atoms with Gasteiger partial charge in [-0.1, -0.05) is 53.9 Å². The highest BCUT2D eigenvalue weighted by molar-refractivity contribution is 6.30. The number of ether oxygens (including phenoxy) is 2. The molecule has 0 radical (unpaired) electrons. The van der Waals surface area contributed by atoms with E-state index in [1.165, 1.54) is 7.11 Å².